The molecule has 2 rings (SSSR count). The predicted octanol–water partition coefficient (Wildman–Crippen LogP) is 2.79. The molecule has 1 fully saturated rings. The van der Waals surface area contributed by atoms with E-state index >= 15 is 0 Å². The topological polar surface area (TPSA) is 38.3 Å². The van der Waals surface area contributed by atoms with Gasteiger partial charge in [-0.25, -0.2) is 4.39 Å². The van der Waals surface area contributed by atoms with Crippen LogP contribution in [0.3, 0.4) is 0 Å². The molecule has 0 aromatic heterocycles. The van der Waals surface area contributed by atoms with Crippen molar-refractivity contribution in [3.8, 4) is 5.75 Å². The van der Waals surface area contributed by atoms with Crippen LogP contribution in [0.15, 0.2) is 18.2 Å². The molecular weight excluding hydrogens is 245 g/mol. The molecule has 1 saturated carbocycles. The van der Waals surface area contributed by atoms with Gasteiger partial charge in [-0.3, -0.25) is 4.79 Å². The molecule has 1 N–H and O–H groups in total. The molecule has 1 aromatic carbocycles. The van der Waals surface area contributed by atoms with Gasteiger partial charge in [0.25, 0.3) is 0 Å². The highest BCUT2D eigenvalue weighted by Crippen LogP contribution is 2.32. The fourth-order valence-electron chi connectivity index (χ4n) is 1.40. The van der Waals surface area contributed by atoms with Gasteiger partial charge in [0.15, 0.2) is 0 Å². The van der Waals surface area contributed by atoms with E-state index in [0.29, 0.717) is 24.0 Å². The van der Waals surface area contributed by atoms with Crippen molar-refractivity contribution < 1.29 is 13.9 Å². The SMILES string of the molecule is O=C(CCl)Nc1cc(F)ccc1OCC1CC1. The van der Waals surface area contributed by atoms with Crippen molar-refractivity contribution in [2.75, 3.05) is 17.8 Å². The molecule has 1 aliphatic carbocycles. The maximum absolute atomic E-state index is 13.1. The quantitative estimate of drug-likeness (QED) is 0.824. The Morgan fingerprint density at radius 1 is 1.53 bits per heavy atom. The summed E-state index contributed by atoms with van der Waals surface area (Å²) in [5, 5.41) is 2.51. The highest BCUT2D eigenvalue weighted by atomic mass is 35.5. The molecule has 0 bridgehead atoms. The summed E-state index contributed by atoms with van der Waals surface area (Å²) in [5.41, 5.74) is 0.330. The van der Waals surface area contributed by atoms with Gasteiger partial charge in [-0.1, -0.05) is 0 Å². The number of ether oxygens (including phenoxy) is 1. The van der Waals surface area contributed by atoms with E-state index in [4.69, 9.17) is 16.3 Å². The minimum Gasteiger partial charge on any atom is -0.491 e. The molecule has 0 spiro atoms. The largest absolute Gasteiger partial charge is 0.491 e. The van der Waals surface area contributed by atoms with Crippen LogP contribution in [0.1, 0.15) is 12.8 Å². The van der Waals surface area contributed by atoms with Gasteiger partial charge in [0, 0.05) is 6.07 Å². The second-order valence-electron chi connectivity index (χ2n) is 4.08. The first-order valence-corrected chi connectivity index (χ1v) is 6.00. The third kappa shape index (κ3) is 3.60. The first-order chi connectivity index (χ1) is 8.19. The number of carbonyl (C=O) groups excluding carboxylic acids is 1. The molecule has 1 amide bonds. The van der Waals surface area contributed by atoms with Gasteiger partial charge in [-0.2, -0.15) is 0 Å². The van der Waals surface area contributed by atoms with Crippen molar-refractivity contribution in [2.45, 2.75) is 12.8 Å². The number of hydrogen-bond donors (Lipinski definition) is 1. The van der Waals surface area contributed by atoms with Crippen molar-refractivity contribution in [3.63, 3.8) is 0 Å². The van der Waals surface area contributed by atoms with E-state index < -0.39 is 5.82 Å². The number of halogens is 2. The fourth-order valence-corrected chi connectivity index (χ4v) is 1.47. The fraction of sp³-hybridized carbons (Fsp3) is 0.417. The number of hydrogen-bond acceptors (Lipinski definition) is 2. The Hall–Kier alpha value is -1.29. The van der Waals surface area contributed by atoms with Crippen molar-refractivity contribution >= 4 is 23.2 Å². The van der Waals surface area contributed by atoms with E-state index in [9.17, 15) is 9.18 Å². The number of amides is 1. The van der Waals surface area contributed by atoms with Crippen LogP contribution in [-0.2, 0) is 4.79 Å². The van der Waals surface area contributed by atoms with Gasteiger partial charge < -0.3 is 10.1 Å². The standard InChI is InChI=1S/C12H13ClFNO2/c13-6-12(16)15-10-5-9(14)3-4-11(10)17-7-8-1-2-8/h3-5,8H,1-2,6-7H2,(H,15,16). The highest BCUT2D eigenvalue weighted by molar-refractivity contribution is 6.29. The number of anilines is 1. The van der Waals surface area contributed by atoms with Crippen LogP contribution in [-0.4, -0.2) is 18.4 Å². The molecule has 92 valence electrons. The normalized spacial score (nSPS) is 14.5. The van der Waals surface area contributed by atoms with Crippen LogP contribution in [0.25, 0.3) is 0 Å². The number of benzene rings is 1. The lowest BCUT2D eigenvalue weighted by atomic mass is 10.2. The lowest BCUT2D eigenvalue weighted by Crippen LogP contribution is -2.14. The van der Waals surface area contributed by atoms with Gasteiger partial charge in [-0.15, -0.1) is 11.6 Å². The van der Waals surface area contributed by atoms with Crippen LogP contribution in [0.4, 0.5) is 10.1 Å². The summed E-state index contributed by atoms with van der Waals surface area (Å²) in [6, 6.07) is 4.05. The van der Waals surface area contributed by atoms with Gasteiger partial charge in [0.05, 0.1) is 12.3 Å². The Morgan fingerprint density at radius 3 is 2.94 bits per heavy atom. The Balaban J connectivity index is 2.08. The summed E-state index contributed by atoms with van der Waals surface area (Å²) in [6.45, 7) is 0.607. The Labute approximate surface area is 104 Å². The van der Waals surface area contributed by atoms with E-state index in [1.165, 1.54) is 31.0 Å². The molecular formula is C12H13ClFNO2. The lowest BCUT2D eigenvalue weighted by Gasteiger charge is -2.11. The van der Waals surface area contributed by atoms with Gasteiger partial charge >= 0.3 is 0 Å². The zero-order valence-corrected chi connectivity index (χ0v) is 9.97. The summed E-state index contributed by atoms with van der Waals surface area (Å²) in [7, 11) is 0. The summed E-state index contributed by atoms with van der Waals surface area (Å²) < 4.78 is 18.6. The third-order valence-electron chi connectivity index (χ3n) is 2.51. The molecule has 1 aliphatic rings. The molecule has 17 heavy (non-hydrogen) atoms. The molecule has 1 aromatic rings. The maximum Gasteiger partial charge on any atom is 0.239 e. The highest BCUT2D eigenvalue weighted by Gasteiger charge is 2.22. The lowest BCUT2D eigenvalue weighted by molar-refractivity contribution is -0.113. The summed E-state index contributed by atoms with van der Waals surface area (Å²) in [5.74, 6) is 0.106. The monoisotopic (exact) mass is 257 g/mol. The number of nitrogens with one attached hydrogen (secondary N) is 1. The number of alkyl halides is 1. The van der Waals surface area contributed by atoms with Crippen molar-refractivity contribution in [2.24, 2.45) is 5.92 Å². The van der Waals surface area contributed by atoms with Crippen molar-refractivity contribution in [1.29, 1.82) is 0 Å². The van der Waals surface area contributed by atoms with Gasteiger partial charge in [-0.05, 0) is 30.9 Å². The van der Waals surface area contributed by atoms with Crippen molar-refractivity contribution in [3.05, 3.63) is 24.0 Å². The second kappa shape index (κ2) is 5.36. The van der Waals surface area contributed by atoms with E-state index in [1.54, 1.807) is 0 Å². The summed E-state index contributed by atoms with van der Waals surface area (Å²) in [4.78, 5) is 11.2. The predicted molar refractivity (Wildman–Crippen MR) is 64.0 cm³/mol. The van der Waals surface area contributed by atoms with Gasteiger partial charge in [0.2, 0.25) is 5.91 Å². The molecule has 5 heteroatoms. The Bertz CT molecular complexity index is 421. The average molecular weight is 258 g/mol. The van der Waals surface area contributed by atoms with Gasteiger partial charge in [0.1, 0.15) is 17.4 Å². The maximum atomic E-state index is 13.1. The van der Waals surface area contributed by atoms with E-state index in [1.807, 2.05) is 0 Å². The van der Waals surface area contributed by atoms with Crippen molar-refractivity contribution in [1.82, 2.24) is 0 Å². The van der Waals surface area contributed by atoms with E-state index in [-0.39, 0.29) is 11.8 Å². The molecule has 0 heterocycles. The molecule has 0 aliphatic heterocycles. The molecule has 0 saturated heterocycles. The molecule has 0 atom stereocenters. The Morgan fingerprint density at radius 2 is 2.29 bits per heavy atom. The van der Waals surface area contributed by atoms with Crippen LogP contribution < -0.4 is 10.1 Å². The first kappa shape index (κ1) is 12.2. The summed E-state index contributed by atoms with van der Waals surface area (Å²) in [6.07, 6.45) is 2.34. The molecule has 3 nitrogen and oxygen atoms in total. The second-order valence-corrected chi connectivity index (χ2v) is 4.34. The smallest absolute Gasteiger partial charge is 0.239 e. The van der Waals surface area contributed by atoms with Crippen LogP contribution in [0.2, 0.25) is 0 Å². The van der Waals surface area contributed by atoms with E-state index in [2.05, 4.69) is 5.32 Å². The first-order valence-electron chi connectivity index (χ1n) is 5.47. The third-order valence-corrected chi connectivity index (χ3v) is 2.75. The van der Waals surface area contributed by atoms with Crippen LogP contribution in [0.5, 0.6) is 5.75 Å². The summed E-state index contributed by atoms with van der Waals surface area (Å²) >= 11 is 5.38. The molecule has 0 radical (unpaired) electrons. The van der Waals surface area contributed by atoms with E-state index in [0.717, 1.165) is 0 Å². The minimum atomic E-state index is -0.423. The van der Waals surface area contributed by atoms with Crippen LogP contribution >= 0.6 is 11.6 Å². The zero-order chi connectivity index (χ0) is 12.3. The number of rotatable bonds is 5. The minimum absolute atomic E-state index is 0.168. The number of carbonyl (C=O) groups is 1. The Kier molecular flexibility index (Phi) is 3.84. The zero-order valence-electron chi connectivity index (χ0n) is 9.21. The average Bonchev–Trinajstić information content (AvgIpc) is 3.12. The van der Waals surface area contributed by atoms with Crippen LogP contribution in [0, 0.1) is 11.7 Å². The molecule has 0 unspecified atom stereocenters.